The highest BCUT2D eigenvalue weighted by Gasteiger charge is 2.30. The third-order valence-corrected chi connectivity index (χ3v) is 6.19. The molecule has 7 heteroatoms. The minimum atomic E-state index is -0.247. The fraction of sp³-hybridized carbons (Fsp3) is 0.455. The van der Waals surface area contributed by atoms with Crippen molar-refractivity contribution in [2.75, 3.05) is 13.1 Å². The number of aromatic nitrogens is 4. The monoisotopic (exact) mass is 391 g/mol. The number of piperidine rings is 1. The third-order valence-electron chi connectivity index (χ3n) is 6.19. The average molecular weight is 391 g/mol. The smallest absolute Gasteiger partial charge is 0.254 e. The Morgan fingerprint density at radius 3 is 2.90 bits per heavy atom. The van der Waals surface area contributed by atoms with Crippen LogP contribution in [0.4, 0.5) is 0 Å². The van der Waals surface area contributed by atoms with E-state index in [4.69, 9.17) is 0 Å². The maximum atomic E-state index is 13.4. The summed E-state index contributed by atoms with van der Waals surface area (Å²) < 4.78 is 2.29. The van der Waals surface area contributed by atoms with Crippen molar-refractivity contribution < 1.29 is 4.79 Å². The molecule has 1 saturated heterocycles. The Morgan fingerprint density at radius 1 is 1.07 bits per heavy atom. The molecule has 3 aromatic rings. The Morgan fingerprint density at radius 2 is 1.97 bits per heavy atom. The Bertz CT molecular complexity index is 1120. The first-order valence-corrected chi connectivity index (χ1v) is 10.5. The number of carbonyl (C=O) groups is 1. The maximum Gasteiger partial charge on any atom is 0.254 e. The number of rotatable bonds is 2. The summed E-state index contributed by atoms with van der Waals surface area (Å²) in [5, 5.41) is 9.74. The molecule has 1 fully saturated rings. The molecule has 2 aromatic heterocycles. The number of nitrogens with zero attached hydrogens (tertiary/aromatic N) is 4. The van der Waals surface area contributed by atoms with Crippen molar-refractivity contribution in [3.63, 3.8) is 0 Å². The van der Waals surface area contributed by atoms with Gasteiger partial charge < -0.3 is 14.5 Å². The number of amides is 1. The second kappa shape index (κ2) is 7.46. The van der Waals surface area contributed by atoms with Crippen molar-refractivity contribution in [1.82, 2.24) is 24.6 Å². The van der Waals surface area contributed by atoms with Crippen molar-refractivity contribution in [1.29, 1.82) is 0 Å². The summed E-state index contributed by atoms with van der Waals surface area (Å²) in [5.74, 6) is 2.23. The molecular formula is C22H25N5O2. The van der Waals surface area contributed by atoms with Crippen LogP contribution in [0.2, 0.25) is 0 Å². The maximum absolute atomic E-state index is 13.4. The topological polar surface area (TPSA) is 83.9 Å². The molecule has 1 amide bonds. The minimum absolute atomic E-state index is 0.0763. The zero-order valence-corrected chi connectivity index (χ0v) is 16.4. The molecule has 150 valence electrons. The number of aryl methyl sites for hydroxylation is 1. The van der Waals surface area contributed by atoms with E-state index < -0.39 is 0 Å². The van der Waals surface area contributed by atoms with Gasteiger partial charge in [-0.25, -0.2) is 0 Å². The predicted molar refractivity (Wildman–Crippen MR) is 110 cm³/mol. The molecule has 0 bridgehead atoms. The van der Waals surface area contributed by atoms with E-state index in [1.54, 1.807) is 0 Å². The summed E-state index contributed by atoms with van der Waals surface area (Å²) in [7, 11) is 0. The fourth-order valence-corrected chi connectivity index (χ4v) is 4.73. The van der Waals surface area contributed by atoms with Gasteiger partial charge in [0.25, 0.3) is 5.91 Å². The van der Waals surface area contributed by atoms with Gasteiger partial charge in [-0.15, -0.1) is 10.2 Å². The van der Waals surface area contributed by atoms with E-state index in [0.29, 0.717) is 24.2 Å². The van der Waals surface area contributed by atoms with E-state index in [0.717, 1.165) is 49.3 Å². The number of nitrogens with one attached hydrogen (secondary N) is 1. The Hall–Kier alpha value is -2.96. The first kappa shape index (κ1) is 18.1. The zero-order chi connectivity index (χ0) is 19.8. The number of benzene rings is 1. The van der Waals surface area contributed by atoms with Crippen molar-refractivity contribution in [2.24, 2.45) is 0 Å². The summed E-state index contributed by atoms with van der Waals surface area (Å²) in [5.41, 5.74) is 0.924. The normalized spacial score (nSPS) is 19.7. The standard InChI is InChI=1S/C22H25N5O2/c28-20-13-17(16-8-3-4-9-18(16)23-20)22(29)26-11-6-7-15(14-26)21-25-24-19-10-2-1-5-12-27(19)21/h3-4,8-9,13,15H,1-2,5-7,10-12,14H2,(H,23,28). The number of fused-ring (bicyclic) bond motifs is 2. The predicted octanol–water partition coefficient (Wildman–Crippen LogP) is 2.87. The van der Waals surface area contributed by atoms with Crippen LogP contribution in [0, 0.1) is 0 Å². The van der Waals surface area contributed by atoms with Crippen molar-refractivity contribution >= 4 is 16.8 Å². The lowest BCUT2D eigenvalue weighted by atomic mass is 9.96. The SMILES string of the molecule is O=C(c1cc(=O)[nH]c2ccccc12)N1CCCC(c2nnc3n2CCCCC3)C1. The number of pyridine rings is 1. The summed E-state index contributed by atoms with van der Waals surface area (Å²) in [6.45, 7) is 2.30. The molecule has 29 heavy (non-hydrogen) atoms. The molecule has 2 aliphatic rings. The lowest BCUT2D eigenvalue weighted by Gasteiger charge is -2.32. The van der Waals surface area contributed by atoms with E-state index in [-0.39, 0.29) is 17.4 Å². The lowest BCUT2D eigenvalue weighted by molar-refractivity contribution is 0.0705. The highest BCUT2D eigenvalue weighted by molar-refractivity contribution is 6.06. The molecular weight excluding hydrogens is 366 g/mol. The van der Waals surface area contributed by atoms with Crippen LogP contribution in [-0.2, 0) is 13.0 Å². The first-order chi connectivity index (χ1) is 14.2. The highest BCUT2D eigenvalue weighted by Crippen LogP contribution is 2.29. The van der Waals surface area contributed by atoms with Gasteiger partial charge in [-0.2, -0.15) is 0 Å². The molecule has 0 radical (unpaired) electrons. The van der Waals surface area contributed by atoms with Crippen LogP contribution in [-0.4, -0.2) is 43.6 Å². The van der Waals surface area contributed by atoms with Crippen LogP contribution >= 0.6 is 0 Å². The second-order valence-corrected chi connectivity index (χ2v) is 8.12. The third kappa shape index (κ3) is 3.34. The molecule has 4 heterocycles. The fourth-order valence-electron chi connectivity index (χ4n) is 4.73. The van der Waals surface area contributed by atoms with Gasteiger partial charge >= 0.3 is 0 Å². The van der Waals surface area contributed by atoms with Crippen LogP contribution < -0.4 is 5.56 Å². The van der Waals surface area contributed by atoms with Crippen LogP contribution in [0.25, 0.3) is 10.9 Å². The Kier molecular flexibility index (Phi) is 4.66. The molecule has 7 nitrogen and oxygen atoms in total. The van der Waals surface area contributed by atoms with Crippen LogP contribution in [0.3, 0.4) is 0 Å². The molecule has 1 aromatic carbocycles. The summed E-state index contributed by atoms with van der Waals surface area (Å²) >= 11 is 0. The molecule has 5 rings (SSSR count). The van der Waals surface area contributed by atoms with Crippen molar-refractivity contribution in [2.45, 2.75) is 51.0 Å². The van der Waals surface area contributed by atoms with Gasteiger partial charge in [0, 0.05) is 48.9 Å². The first-order valence-electron chi connectivity index (χ1n) is 10.5. The van der Waals surface area contributed by atoms with Crippen molar-refractivity contribution in [3.8, 4) is 0 Å². The zero-order valence-electron chi connectivity index (χ0n) is 16.4. The number of carbonyl (C=O) groups excluding carboxylic acids is 1. The van der Waals surface area contributed by atoms with Gasteiger partial charge in [0.15, 0.2) is 0 Å². The second-order valence-electron chi connectivity index (χ2n) is 8.12. The molecule has 2 aliphatic heterocycles. The molecule has 1 unspecified atom stereocenters. The van der Waals surface area contributed by atoms with Crippen LogP contribution in [0.1, 0.15) is 60.0 Å². The number of H-pyrrole nitrogens is 1. The number of para-hydroxylation sites is 1. The van der Waals surface area contributed by atoms with Crippen molar-refractivity contribution in [3.05, 3.63) is 57.9 Å². The van der Waals surface area contributed by atoms with Crippen LogP contribution in [0.5, 0.6) is 0 Å². The van der Waals surface area contributed by atoms with Gasteiger partial charge in [0.2, 0.25) is 5.56 Å². The Balaban J connectivity index is 1.44. The summed E-state index contributed by atoms with van der Waals surface area (Å²) in [6, 6.07) is 8.90. The highest BCUT2D eigenvalue weighted by atomic mass is 16.2. The van der Waals surface area contributed by atoms with Gasteiger partial charge in [-0.3, -0.25) is 9.59 Å². The number of aromatic amines is 1. The van der Waals surface area contributed by atoms with E-state index in [1.165, 1.54) is 18.9 Å². The number of hydrogen-bond donors (Lipinski definition) is 1. The molecule has 0 aliphatic carbocycles. The molecule has 1 N–H and O–H groups in total. The molecule has 0 saturated carbocycles. The quantitative estimate of drug-likeness (QED) is 0.728. The number of likely N-dealkylation sites (tertiary alicyclic amines) is 1. The van der Waals surface area contributed by atoms with E-state index in [2.05, 4.69) is 19.7 Å². The van der Waals surface area contributed by atoms with Crippen LogP contribution in [0.15, 0.2) is 35.1 Å². The van der Waals surface area contributed by atoms with E-state index in [1.807, 2.05) is 29.2 Å². The van der Waals surface area contributed by atoms with Gasteiger partial charge in [-0.1, -0.05) is 24.6 Å². The Labute approximate surface area is 168 Å². The summed E-state index contributed by atoms with van der Waals surface area (Å²) in [4.78, 5) is 30.1. The lowest BCUT2D eigenvalue weighted by Crippen LogP contribution is -2.40. The molecule has 0 spiro atoms. The van der Waals surface area contributed by atoms with E-state index in [9.17, 15) is 9.59 Å². The van der Waals surface area contributed by atoms with E-state index >= 15 is 0 Å². The van der Waals surface area contributed by atoms with Gasteiger partial charge in [0.1, 0.15) is 11.6 Å². The minimum Gasteiger partial charge on any atom is -0.338 e. The number of hydrogen-bond acceptors (Lipinski definition) is 4. The average Bonchev–Trinajstić information content (AvgIpc) is 3.01. The summed E-state index contributed by atoms with van der Waals surface area (Å²) in [6.07, 6.45) is 6.49. The van der Waals surface area contributed by atoms with Gasteiger partial charge in [0.05, 0.1) is 5.56 Å². The molecule has 1 atom stereocenters. The van der Waals surface area contributed by atoms with Gasteiger partial charge in [-0.05, 0) is 31.7 Å². The largest absolute Gasteiger partial charge is 0.338 e.